The number of hydrogen-bond acceptors (Lipinski definition) is 3. The number of aromatic nitrogens is 2. The number of rotatable bonds is 3. The van der Waals surface area contributed by atoms with Crippen molar-refractivity contribution in [2.45, 2.75) is 50.6 Å². The van der Waals surface area contributed by atoms with Crippen molar-refractivity contribution in [3.8, 4) is 11.3 Å². The van der Waals surface area contributed by atoms with Crippen LogP contribution in [0.5, 0.6) is 0 Å². The van der Waals surface area contributed by atoms with Crippen LogP contribution in [-0.4, -0.2) is 33.5 Å². The Morgan fingerprint density at radius 1 is 1.09 bits per heavy atom. The summed E-state index contributed by atoms with van der Waals surface area (Å²) >= 11 is 0. The highest BCUT2D eigenvalue weighted by Gasteiger charge is 2.37. The third-order valence-corrected chi connectivity index (χ3v) is 5.45. The van der Waals surface area contributed by atoms with Crippen LogP contribution in [0.1, 0.15) is 44.1 Å². The SMILES string of the molecule is C[C@@H]1CCCN1[C@H]1C[C@H](c2ccc(-c3ccncn3)cc2)C1. The number of nitrogens with zero attached hydrogens (tertiary/aromatic N) is 3. The maximum atomic E-state index is 4.31. The van der Waals surface area contributed by atoms with Gasteiger partial charge in [-0.15, -0.1) is 0 Å². The second-order valence-corrected chi connectivity index (χ2v) is 6.77. The van der Waals surface area contributed by atoms with E-state index in [9.17, 15) is 0 Å². The molecule has 4 rings (SSSR count). The summed E-state index contributed by atoms with van der Waals surface area (Å²) in [6.45, 7) is 3.70. The minimum Gasteiger partial charge on any atom is -0.298 e. The highest BCUT2D eigenvalue weighted by Crippen LogP contribution is 2.42. The van der Waals surface area contributed by atoms with E-state index in [2.05, 4.69) is 46.1 Å². The number of benzene rings is 1. The zero-order chi connectivity index (χ0) is 14.9. The van der Waals surface area contributed by atoms with Crippen LogP contribution in [0.4, 0.5) is 0 Å². The Balaban J connectivity index is 1.41. The lowest BCUT2D eigenvalue weighted by atomic mass is 9.75. The Hall–Kier alpha value is -1.74. The summed E-state index contributed by atoms with van der Waals surface area (Å²) in [7, 11) is 0. The van der Waals surface area contributed by atoms with Crippen molar-refractivity contribution in [1.82, 2.24) is 14.9 Å². The summed E-state index contributed by atoms with van der Waals surface area (Å²) in [6, 6.07) is 12.5. The fourth-order valence-corrected chi connectivity index (χ4v) is 4.02. The third kappa shape index (κ3) is 2.54. The maximum absolute atomic E-state index is 4.31. The molecule has 3 heteroatoms. The molecule has 2 fully saturated rings. The second kappa shape index (κ2) is 5.81. The smallest absolute Gasteiger partial charge is 0.116 e. The van der Waals surface area contributed by atoms with Crippen molar-refractivity contribution in [2.75, 3.05) is 6.54 Å². The van der Waals surface area contributed by atoms with E-state index in [1.54, 1.807) is 12.5 Å². The van der Waals surface area contributed by atoms with E-state index in [4.69, 9.17) is 0 Å². The number of hydrogen-bond donors (Lipinski definition) is 0. The largest absolute Gasteiger partial charge is 0.298 e. The molecule has 2 heterocycles. The summed E-state index contributed by atoms with van der Waals surface area (Å²) in [6.07, 6.45) is 8.83. The molecule has 1 aromatic heterocycles. The van der Waals surface area contributed by atoms with E-state index in [1.807, 2.05) is 6.07 Å². The Kier molecular flexibility index (Phi) is 3.67. The van der Waals surface area contributed by atoms with Gasteiger partial charge in [0.2, 0.25) is 0 Å². The second-order valence-electron chi connectivity index (χ2n) is 6.77. The van der Waals surface area contributed by atoms with E-state index in [0.29, 0.717) is 0 Å². The van der Waals surface area contributed by atoms with Crippen LogP contribution in [0, 0.1) is 0 Å². The van der Waals surface area contributed by atoms with Crippen LogP contribution < -0.4 is 0 Å². The van der Waals surface area contributed by atoms with E-state index in [-0.39, 0.29) is 0 Å². The molecule has 2 aliphatic rings. The van der Waals surface area contributed by atoms with Crippen molar-refractivity contribution >= 4 is 0 Å². The molecule has 114 valence electrons. The molecule has 3 nitrogen and oxygen atoms in total. The van der Waals surface area contributed by atoms with Gasteiger partial charge in [-0.05, 0) is 56.7 Å². The quantitative estimate of drug-likeness (QED) is 0.860. The average Bonchev–Trinajstić information content (AvgIpc) is 2.94. The molecule has 1 aliphatic carbocycles. The van der Waals surface area contributed by atoms with Crippen molar-refractivity contribution in [3.63, 3.8) is 0 Å². The molecule has 0 spiro atoms. The van der Waals surface area contributed by atoms with Gasteiger partial charge in [-0.3, -0.25) is 4.90 Å². The van der Waals surface area contributed by atoms with Crippen LogP contribution in [0.2, 0.25) is 0 Å². The third-order valence-electron chi connectivity index (χ3n) is 5.45. The molecule has 0 bridgehead atoms. The number of likely N-dealkylation sites (tertiary alicyclic amines) is 1. The standard InChI is InChI=1S/C19H23N3/c1-14-3-2-10-22(14)18-11-17(12-18)15-4-6-16(7-5-15)19-8-9-20-13-21-19/h4-9,13-14,17-18H,2-3,10-12H2,1H3/t14-,17-,18-/m1/s1. The molecule has 0 amide bonds. The Morgan fingerprint density at radius 3 is 2.55 bits per heavy atom. The first kappa shape index (κ1) is 13.9. The van der Waals surface area contributed by atoms with Gasteiger partial charge in [0.25, 0.3) is 0 Å². The monoisotopic (exact) mass is 293 g/mol. The Bertz CT molecular complexity index is 617. The van der Waals surface area contributed by atoms with Gasteiger partial charge in [0.15, 0.2) is 0 Å². The Morgan fingerprint density at radius 2 is 1.91 bits per heavy atom. The molecule has 2 aromatic rings. The fraction of sp³-hybridized carbons (Fsp3) is 0.474. The molecule has 1 aromatic carbocycles. The van der Waals surface area contributed by atoms with Crippen molar-refractivity contribution in [2.24, 2.45) is 0 Å². The molecular weight excluding hydrogens is 270 g/mol. The Labute approximate surface area is 132 Å². The molecule has 0 radical (unpaired) electrons. The fourth-order valence-electron chi connectivity index (χ4n) is 4.02. The average molecular weight is 293 g/mol. The molecule has 0 unspecified atom stereocenters. The van der Waals surface area contributed by atoms with Gasteiger partial charge in [-0.1, -0.05) is 24.3 Å². The van der Waals surface area contributed by atoms with Crippen LogP contribution in [-0.2, 0) is 0 Å². The summed E-state index contributed by atoms with van der Waals surface area (Å²) in [5.74, 6) is 0.747. The zero-order valence-electron chi connectivity index (χ0n) is 13.2. The van der Waals surface area contributed by atoms with Gasteiger partial charge in [0.05, 0.1) is 5.69 Å². The van der Waals surface area contributed by atoms with Crippen molar-refractivity contribution in [3.05, 3.63) is 48.4 Å². The van der Waals surface area contributed by atoms with Gasteiger partial charge in [-0.25, -0.2) is 9.97 Å². The predicted molar refractivity (Wildman–Crippen MR) is 88.6 cm³/mol. The normalized spacial score (nSPS) is 28.5. The summed E-state index contributed by atoms with van der Waals surface area (Å²) in [5.41, 5.74) is 3.66. The lowest BCUT2D eigenvalue weighted by molar-refractivity contribution is 0.103. The van der Waals surface area contributed by atoms with Gasteiger partial charge in [0, 0.05) is 23.8 Å². The van der Waals surface area contributed by atoms with E-state index >= 15 is 0 Å². The molecule has 1 aliphatic heterocycles. The summed E-state index contributed by atoms with van der Waals surface area (Å²) in [4.78, 5) is 11.0. The topological polar surface area (TPSA) is 29.0 Å². The van der Waals surface area contributed by atoms with Gasteiger partial charge in [-0.2, -0.15) is 0 Å². The van der Waals surface area contributed by atoms with Gasteiger partial charge < -0.3 is 0 Å². The summed E-state index contributed by atoms with van der Waals surface area (Å²) in [5, 5.41) is 0. The predicted octanol–water partition coefficient (Wildman–Crippen LogP) is 3.87. The molecule has 0 N–H and O–H groups in total. The van der Waals surface area contributed by atoms with Crippen LogP contribution in [0.25, 0.3) is 11.3 Å². The molecule has 1 saturated carbocycles. The first-order chi connectivity index (χ1) is 10.8. The first-order valence-electron chi connectivity index (χ1n) is 8.43. The van der Waals surface area contributed by atoms with E-state index < -0.39 is 0 Å². The minimum absolute atomic E-state index is 0.747. The molecule has 1 saturated heterocycles. The van der Waals surface area contributed by atoms with Gasteiger partial charge in [0.1, 0.15) is 6.33 Å². The van der Waals surface area contributed by atoms with Crippen LogP contribution in [0.15, 0.2) is 42.9 Å². The minimum atomic E-state index is 0.747. The maximum Gasteiger partial charge on any atom is 0.116 e. The highest BCUT2D eigenvalue weighted by atomic mass is 15.2. The molecular formula is C19H23N3. The molecule has 22 heavy (non-hydrogen) atoms. The van der Waals surface area contributed by atoms with E-state index in [1.165, 1.54) is 43.4 Å². The lowest BCUT2D eigenvalue weighted by Crippen LogP contribution is -2.45. The van der Waals surface area contributed by atoms with Crippen molar-refractivity contribution < 1.29 is 0 Å². The lowest BCUT2D eigenvalue weighted by Gasteiger charge is -2.43. The van der Waals surface area contributed by atoms with E-state index in [0.717, 1.165) is 23.7 Å². The van der Waals surface area contributed by atoms with Gasteiger partial charge >= 0.3 is 0 Å². The zero-order valence-corrected chi connectivity index (χ0v) is 13.2. The summed E-state index contributed by atoms with van der Waals surface area (Å²) < 4.78 is 0. The molecule has 1 atom stereocenters. The first-order valence-corrected chi connectivity index (χ1v) is 8.43. The van der Waals surface area contributed by atoms with Crippen molar-refractivity contribution in [1.29, 1.82) is 0 Å². The van der Waals surface area contributed by atoms with Crippen LogP contribution >= 0.6 is 0 Å². The highest BCUT2D eigenvalue weighted by molar-refractivity contribution is 5.58. The van der Waals surface area contributed by atoms with Crippen LogP contribution in [0.3, 0.4) is 0 Å².